The third-order valence-electron chi connectivity index (χ3n) is 3.61. The molecule has 0 fully saturated rings. The summed E-state index contributed by atoms with van der Waals surface area (Å²) >= 11 is 0. The molecule has 0 aliphatic carbocycles. The fourth-order valence-electron chi connectivity index (χ4n) is 2.25. The molecule has 0 unspecified atom stereocenters. The van der Waals surface area contributed by atoms with E-state index in [9.17, 15) is 19.7 Å². The zero-order valence-electron chi connectivity index (χ0n) is 13.3. The van der Waals surface area contributed by atoms with Crippen LogP contribution in [-0.4, -0.2) is 16.6 Å². The summed E-state index contributed by atoms with van der Waals surface area (Å²) in [6.45, 7) is 1.76. The number of anilines is 1. The average molecular weight is 326 g/mol. The molecule has 2 aromatic rings. The summed E-state index contributed by atoms with van der Waals surface area (Å²) in [4.78, 5) is 34.2. The molecular weight excluding hydrogens is 308 g/mol. The van der Waals surface area contributed by atoms with Gasteiger partial charge in [0.1, 0.15) is 0 Å². The number of hydrogen-bond donors (Lipinski definition) is 1. The van der Waals surface area contributed by atoms with E-state index in [1.54, 1.807) is 37.3 Å². The van der Waals surface area contributed by atoms with Crippen LogP contribution in [0.3, 0.4) is 0 Å². The number of hydrogen-bond acceptors (Lipinski definition) is 4. The summed E-state index contributed by atoms with van der Waals surface area (Å²) in [6.07, 6.45) is 0.888. The number of ketones is 1. The molecule has 0 saturated carbocycles. The predicted octanol–water partition coefficient (Wildman–Crippen LogP) is 3.89. The lowest BCUT2D eigenvalue weighted by molar-refractivity contribution is -0.384. The quantitative estimate of drug-likeness (QED) is 0.475. The molecule has 6 heteroatoms. The van der Waals surface area contributed by atoms with Gasteiger partial charge < -0.3 is 5.32 Å². The van der Waals surface area contributed by atoms with Gasteiger partial charge in [-0.1, -0.05) is 36.4 Å². The van der Waals surface area contributed by atoms with Crippen LogP contribution in [0.15, 0.2) is 48.5 Å². The van der Waals surface area contributed by atoms with Crippen LogP contribution in [0.25, 0.3) is 0 Å². The number of non-ortho nitro benzene ring substituents is 1. The maximum Gasteiger partial charge on any atom is 0.271 e. The van der Waals surface area contributed by atoms with Gasteiger partial charge in [0.2, 0.25) is 5.91 Å². The fraction of sp³-hybridized carbons (Fsp3) is 0.222. The lowest BCUT2D eigenvalue weighted by Crippen LogP contribution is -2.13. The normalized spacial score (nSPS) is 10.2. The van der Waals surface area contributed by atoms with Crippen molar-refractivity contribution in [3.63, 3.8) is 0 Å². The molecule has 124 valence electrons. The van der Waals surface area contributed by atoms with Gasteiger partial charge in [-0.15, -0.1) is 0 Å². The summed E-state index contributed by atoms with van der Waals surface area (Å²) in [5.41, 5.74) is 1.72. The number of nitro groups is 1. The fourth-order valence-corrected chi connectivity index (χ4v) is 2.25. The Bertz CT molecular complexity index is 757. The minimum Gasteiger partial charge on any atom is -0.326 e. The Morgan fingerprint density at radius 1 is 1.08 bits per heavy atom. The zero-order chi connectivity index (χ0) is 17.5. The van der Waals surface area contributed by atoms with Crippen molar-refractivity contribution in [3.05, 3.63) is 69.8 Å². The molecular formula is C18H18N2O4. The summed E-state index contributed by atoms with van der Waals surface area (Å²) in [5.74, 6) is -0.269. The van der Waals surface area contributed by atoms with Gasteiger partial charge in [-0.2, -0.15) is 0 Å². The lowest BCUT2D eigenvalue weighted by Gasteiger charge is -2.08. The molecule has 1 N–H and O–H groups in total. The molecule has 2 rings (SSSR count). The van der Waals surface area contributed by atoms with Crippen LogP contribution in [0.5, 0.6) is 0 Å². The second kappa shape index (κ2) is 8.01. The zero-order valence-corrected chi connectivity index (χ0v) is 13.3. The average Bonchev–Trinajstić information content (AvgIpc) is 2.57. The van der Waals surface area contributed by atoms with Crippen LogP contribution >= 0.6 is 0 Å². The molecule has 0 aliphatic heterocycles. The Balaban J connectivity index is 1.87. The van der Waals surface area contributed by atoms with E-state index in [2.05, 4.69) is 5.32 Å². The number of amides is 1. The second-order valence-electron chi connectivity index (χ2n) is 5.45. The number of Topliss-reactive ketones (excluding diaryl/α,β-unsaturated/α-hetero) is 1. The van der Waals surface area contributed by atoms with Crippen LogP contribution in [0.2, 0.25) is 0 Å². The van der Waals surface area contributed by atoms with Crippen molar-refractivity contribution in [2.45, 2.75) is 26.2 Å². The SMILES string of the molecule is Cc1ccc([N+](=O)[O-])cc1NC(=O)CCCC(=O)c1ccccc1. The standard InChI is InChI=1S/C18H18N2O4/c1-13-10-11-15(20(23)24)12-16(13)19-18(22)9-5-8-17(21)14-6-3-2-4-7-14/h2-4,6-7,10-12H,5,8-9H2,1H3,(H,19,22). The van der Waals surface area contributed by atoms with E-state index in [1.165, 1.54) is 12.1 Å². The summed E-state index contributed by atoms with van der Waals surface area (Å²) in [7, 11) is 0. The smallest absolute Gasteiger partial charge is 0.271 e. The van der Waals surface area contributed by atoms with Gasteiger partial charge in [-0.3, -0.25) is 19.7 Å². The number of carbonyl (C=O) groups excluding carboxylic acids is 2. The van der Waals surface area contributed by atoms with E-state index in [4.69, 9.17) is 0 Å². The van der Waals surface area contributed by atoms with Gasteiger partial charge in [0.15, 0.2) is 5.78 Å². The van der Waals surface area contributed by atoms with Crippen molar-refractivity contribution >= 4 is 23.1 Å². The van der Waals surface area contributed by atoms with Gasteiger partial charge in [0.05, 0.1) is 10.6 Å². The molecule has 0 bridgehead atoms. The maximum absolute atomic E-state index is 12.0. The van der Waals surface area contributed by atoms with E-state index in [-0.39, 0.29) is 30.2 Å². The molecule has 0 atom stereocenters. The van der Waals surface area contributed by atoms with Crippen molar-refractivity contribution in [2.24, 2.45) is 0 Å². The van der Waals surface area contributed by atoms with Crippen molar-refractivity contribution < 1.29 is 14.5 Å². The van der Waals surface area contributed by atoms with Crippen LogP contribution < -0.4 is 5.32 Å². The predicted molar refractivity (Wildman–Crippen MR) is 91.1 cm³/mol. The van der Waals surface area contributed by atoms with E-state index >= 15 is 0 Å². The van der Waals surface area contributed by atoms with Gasteiger partial charge in [-0.05, 0) is 18.9 Å². The molecule has 1 amide bonds. The van der Waals surface area contributed by atoms with E-state index in [1.807, 2.05) is 6.07 Å². The van der Waals surface area contributed by atoms with E-state index in [0.717, 1.165) is 5.56 Å². The highest BCUT2D eigenvalue weighted by Crippen LogP contribution is 2.22. The molecule has 0 spiro atoms. The highest BCUT2D eigenvalue weighted by Gasteiger charge is 2.12. The molecule has 24 heavy (non-hydrogen) atoms. The molecule has 6 nitrogen and oxygen atoms in total. The minimum absolute atomic E-state index is 0.00469. The Morgan fingerprint density at radius 2 is 1.79 bits per heavy atom. The van der Waals surface area contributed by atoms with Gasteiger partial charge in [0.25, 0.3) is 5.69 Å². The first-order valence-corrected chi connectivity index (χ1v) is 7.60. The van der Waals surface area contributed by atoms with Gasteiger partial charge in [-0.25, -0.2) is 0 Å². The van der Waals surface area contributed by atoms with E-state index in [0.29, 0.717) is 17.7 Å². The first-order chi connectivity index (χ1) is 11.5. The molecule has 0 radical (unpaired) electrons. The lowest BCUT2D eigenvalue weighted by atomic mass is 10.1. The third-order valence-corrected chi connectivity index (χ3v) is 3.61. The minimum atomic E-state index is -0.506. The van der Waals surface area contributed by atoms with Crippen molar-refractivity contribution in [2.75, 3.05) is 5.32 Å². The van der Waals surface area contributed by atoms with Gasteiger partial charge in [0, 0.05) is 30.5 Å². The Hall–Kier alpha value is -3.02. The van der Waals surface area contributed by atoms with Gasteiger partial charge >= 0.3 is 0 Å². The topological polar surface area (TPSA) is 89.3 Å². The Kier molecular flexibility index (Phi) is 5.78. The summed E-state index contributed by atoms with van der Waals surface area (Å²) in [6, 6.07) is 13.2. The third kappa shape index (κ3) is 4.74. The maximum atomic E-state index is 12.0. The highest BCUT2D eigenvalue weighted by atomic mass is 16.6. The highest BCUT2D eigenvalue weighted by molar-refractivity contribution is 5.96. The molecule has 0 heterocycles. The van der Waals surface area contributed by atoms with E-state index < -0.39 is 4.92 Å². The number of nitro benzene ring substituents is 1. The van der Waals surface area contributed by atoms with Crippen molar-refractivity contribution in [3.8, 4) is 0 Å². The molecule has 0 aromatic heterocycles. The van der Waals surface area contributed by atoms with Crippen molar-refractivity contribution in [1.29, 1.82) is 0 Å². The van der Waals surface area contributed by atoms with Crippen LogP contribution in [0.4, 0.5) is 11.4 Å². The first-order valence-electron chi connectivity index (χ1n) is 7.60. The molecule has 2 aromatic carbocycles. The number of rotatable bonds is 7. The van der Waals surface area contributed by atoms with Crippen molar-refractivity contribution in [1.82, 2.24) is 0 Å². The number of nitrogens with one attached hydrogen (secondary N) is 1. The van der Waals surface area contributed by atoms with Crippen LogP contribution in [0.1, 0.15) is 35.2 Å². The summed E-state index contributed by atoms with van der Waals surface area (Å²) in [5, 5.41) is 13.5. The molecule has 0 saturated heterocycles. The Morgan fingerprint density at radius 3 is 2.46 bits per heavy atom. The van der Waals surface area contributed by atoms with Crippen LogP contribution in [0, 0.1) is 17.0 Å². The second-order valence-corrected chi connectivity index (χ2v) is 5.45. The van der Waals surface area contributed by atoms with Crippen LogP contribution in [-0.2, 0) is 4.79 Å². The monoisotopic (exact) mass is 326 g/mol. The number of carbonyl (C=O) groups is 2. The number of benzene rings is 2. The number of nitrogens with zero attached hydrogens (tertiary/aromatic N) is 1. The number of aryl methyl sites for hydroxylation is 1. The summed E-state index contributed by atoms with van der Waals surface area (Å²) < 4.78 is 0. The Labute approximate surface area is 139 Å². The largest absolute Gasteiger partial charge is 0.326 e. The first kappa shape index (κ1) is 17.3. The molecule has 0 aliphatic rings.